The summed E-state index contributed by atoms with van der Waals surface area (Å²) in [4.78, 5) is 45.9. The lowest BCUT2D eigenvalue weighted by Gasteiger charge is -2.34. The number of ether oxygens (including phenoxy) is 1. The second kappa shape index (κ2) is 11.5. The van der Waals surface area contributed by atoms with Crippen LogP contribution in [-0.2, 0) is 9.53 Å². The molecule has 2 fully saturated rings. The van der Waals surface area contributed by atoms with Crippen molar-refractivity contribution in [1.82, 2.24) is 30.6 Å². The number of nitrogens with zero attached hydrogens (tertiary/aromatic N) is 5. The highest BCUT2D eigenvalue weighted by molar-refractivity contribution is 5.89. The summed E-state index contributed by atoms with van der Waals surface area (Å²) >= 11 is 0. The van der Waals surface area contributed by atoms with Crippen molar-refractivity contribution in [2.45, 2.75) is 18.9 Å². The molecule has 1 aromatic carbocycles. The third-order valence-electron chi connectivity index (χ3n) is 7.36. The molecule has 1 unspecified atom stereocenters. The Bertz CT molecular complexity index is 1140. The Balaban J connectivity index is 1.40. The second-order valence-electron chi connectivity index (χ2n) is 10.1. The van der Waals surface area contributed by atoms with Gasteiger partial charge in [0.25, 0.3) is 0 Å². The van der Waals surface area contributed by atoms with Gasteiger partial charge in [-0.25, -0.2) is 14.8 Å². The normalized spacial score (nSPS) is 20.0. The fraction of sp³-hybridized carbons (Fsp3) is 0.538. The molecule has 0 bridgehead atoms. The molecule has 3 aliphatic rings. The number of urea groups is 1. The highest BCUT2D eigenvalue weighted by atomic mass is 16.7. The second-order valence-corrected chi connectivity index (χ2v) is 10.1. The zero-order valence-corrected chi connectivity index (χ0v) is 22.2. The number of hydrogen-bond donors (Lipinski definition) is 3. The Kier molecular flexibility index (Phi) is 7.91. The Morgan fingerprint density at radius 1 is 1.08 bits per heavy atom. The minimum absolute atomic E-state index is 0.0626. The summed E-state index contributed by atoms with van der Waals surface area (Å²) in [5.41, 5.74) is 5.66. The van der Waals surface area contributed by atoms with Crippen LogP contribution in [0.4, 0.5) is 16.3 Å². The minimum Gasteiger partial charge on any atom is -0.402 e. The number of aromatic nitrogens is 2. The van der Waals surface area contributed by atoms with E-state index in [4.69, 9.17) is 19.5 Å². The van der Waals surface area contributed by atoms with Crippen molar-refractivity contribution >= 4 is 23.4 Å². The van der Waals surface area contributed by atoms with Gasteiger partial charge in [0, 0.05) is 45.5 Å². The molecule has 12 nitrogen and oxygen atoms in total. The molecule has 0 radical (unpaired) electrons. The molecular formula is C26H36N8O4. The number of likely N-dealkylation sites (N-methyl/N-ethyl adjacent to an activating group) is 1. The molecule has 204 valence electrons. The summed E-state index contributed by atoms with van der Waals surface area (Å²) in [5.74, 6) is 2.51. The van der Waals surface area contributed by atoms with Gasteiger partial charge in [-0.2, -0.15) is 0 Å². The van der Waals surface area contributed by atoms with Crippen molar-refractivity contribution in [2.24, 2.45) is 5.92 Å². The third kappa shape index (κ3) is 5.66. The number of likely N-dealkylation sites (tertiary alicyclic amines) is 1. The molecular weight excluding hydrogens is 488 g/mol. The van der Waals surface area contributed by atoms with E-state index in [1.807, 2.05) is 24.3 Å². The largest absolute Gasteiger partial charge is 0.402 e. The van der Waals surface area contributed by atoms with Crippen LogP contribution in [0.1, 0.15) is 24.6 Å². The van der Waals surface area contributed by atoms with E-state index in [1.165, 1.54) is 0 Å². The van der Waals surface area contributed by atoms with E-state index in [1.54, 1.807) is 26.0 Å². The standard InChI is InChI=1S/C26H36N8O4/c1-27-26(36)28-19-6-4-18(5-7-19)24-29-22-21(17-8-10-33(11-9-17)16-20(35)32(2)3)31-38-23(22)25(30-24)34-12-14-37-15-13-34/h4-7,17,21,31H,8-16H2,1-3H3,(H2,27,28,36). The molecule has 2 saturated heterocycles. The highest BCUT2D eigenvalue weighted by Gasteiger charge is 2.39. The lowest BCUT2D eigenvalue weighted by Crippen LogP contribution is -2.43. The average Bonchev–Trinajstić information content (AvgIpc) is 3.38. The van der Waals surface area contributed by atoms with Gasteiger partial charge in [0.15, 0.2) is 11.6 Å². The number of nitrogens with one attached hydrogen (secondary N) is 3. The molecule has 1 atom stereocenters. The lowest BCUT2D eigenvalue weighted by molar-refractivity contribution is -0.130. The Morgan fingerprint density at radius 2 is 1.79 bits per heavy atom. The topological polar surface area (TPSA) is 124 Å². The monoisotopic (exact) mass is 524 g/mol. The fourth-order valence-corrected chi connectivity index (χ4v) is 5.05. The molecule has 3 aliphatic heterocycles. The predicted molar refractivity (Wildman–Crippen MR) is 143 cm³/mol. The van der Waals surface area contributed by atoms with E-state index >= 15 is 0 Å². The van der Waals surface area contributed by atoms with E-state index in [2.05, 4.69) is 25.9 Å². The van der Waals surface area contributed by atoms with Crippen LogP contribution in [0, 0.1) is 5.92 Å². The molecule has 0 saturated carbocycles. The van der Waals surface area contributed by atoms with Crippen LogP contribution >= 0.6 is 0 Å². The Hall–Kier alpha value is -3.48. The Labute approximate surface area is 222 Å². The minimum atomic E-state index is -0.274. The van der Waals surface area contributed by atoms with Crippen LogP contribution in [0.15, 0.2) is 24.3 Å². The summed E-state index contributed by atoms with van der Waals surface area (Å²) < 4.78 is 5.57. The van der Waals surface area contributed by atoms with Crippen LogP contribution in [0.5, 0.6) is 5.75 Å². The van der Waals surface area contributed by atoms with Gasteiger partial charge in [-0.15, -0.1) is 5.48 Å². The van der Waals surface area contributed by atoms with Gasteiger partial charge in [-0.05, 0) is 56.1 Å². The molecule has 1 aromatic heterocycles. The number of morpholine rings is 1. The number of carbonyl (C=O) groups is 2. The highest BCUT2D eigenvalue weighted by Crippen LogP contribution is 2.43. The number of piperidine rings is 1. The van der Waals surface area contributed by atoms with Crippen LogP contribution in [0.25, 0.3) is 11.4 Å². The maximum atomic E-state index is 12.2. The summed E-state index contributed by atoms with van der Waals surface area (Å²) in [6.45, 7) is 4.87. The molecule has 5 rings (SSSR count). The number of hydrogen-bond acceptors (Lipinski definition) is 9. The van der Waals surface area contributed by atoms with E-state index in [0.717, 1.165) is 56.1 Å². The summed E-state index contributed by atoms with van der Waals surface area (Å²) in [6, 6.07) is 7.17. The first-order valence-corrected chi connectivity index (χ1v) is 13.1. The first-order chi connectivity index (χ1) is 18.4. The van der Waals surface area contributed by atoms with Gasteiger partial charge in [-0.3, -0.25) is 9.69 Å². The number of hydroxylamine groups is 1. The first-order valence-electron chi connectivity index (χ1n) is 13.1. The van der Waals surface area contributed by atoms with Crippen molar-refractivity contribution in [3.05, 3.63) is 30.0 Å². The molecule has 2 aromatic rings. The number of anilines is 2. The SMILES string of the molecule is CNC(=O)Nc1ccc(-c2nc3c(c(N4CCOCC4)n2)ONC3C2CCN(CC(=O)N(C)C)CC2)cc1. The Morgan fingerprint density at radius 3 is 2.45 bits per heavy atom. The summed E-state index contributed by atoms with van der Waals surface area (Å²) in [7, 11) is 5.16. The first kappa shape index (κ1) is 26.1. The zero-order valence-electron chi connectivity index (χ0n) is 22.2. The van der Waals surface area contributed by atoms with Gasteiger partial charge in [0.2, 0.25) is 11.7 Å². The average molecular weight is 525 g/mol. The van der Waals surface area contributed by atoms with E-state index < -0.39 is 0 Å². The number of rotatable bonds is 6. The molecule has 4 heterocycles. The molecule has 0 aliphatic carbocycles. The lowest BCUT2D eigenvalue weighted by atomic mass is 9.88. The maximum absolute atomic E-state index is 12.2. The molecule has 38 heavy (non-hydrogen) atoms. The van der Waals surface area contributed by atoms with Gasteiger partial charge >= 0.3 is 6.03 Å². The van der Waals surface area contributed by atoms with Gasteiger partial charge < -0.3 is 30.0 Å². The van der Waals surface area contributed by atoms with E-state index in [9.17, 15) is 9.59 Å². The molecule has 12 heteroatoms. The van der Waals surface area contributed by atoms with Crippen LogP contribution < -0.4 is 25.9 Å². The van der Waals surface area contributed by atoms with Crippen molar-refractivity contribution in [2.75, 3.05) is 77.3 Å². The maximum Gasteiger partial charge on any atom is 0.318 e. The number of amides is 3. The predicted octanol–water partition coefficient (Wildman–Crippen LogP) is 1.47. The van der Waals surface area contributed by atoms with Gasteiger partial charge in [0.1, 0.15) is 5.69 Å². The fourth-order valence-electron chi connectivity index (χ4n) is 5.05. The summed E-state index contributed by atoms with van der Waals surface area (Å²) in [6.07, 6.45) is 1.88. The van der Waals surface area contributed by atoms with Crippen LogP contribution in [-0.4, -0.2) is 98.8 Å². The molecule has 0 spiro atoms. The van der Waals surface area contributed by atoms with E-state index in [-0.39, 0.29) is 18.0 Å². The molecule has 3 amide bonds. The van der Waals surface area contributed by atoms with Crippen LogP contribution in [0.2, 0.25) is 0 Å². The van der Waals surface area contributed by atoms with Gasteiger partial charge in [-0.1, -0.05) is 0 Å². The van der Waals surface area contributed by atoms with Crippen molar-refractivity contribution in [3.8, 4) is 17.1 Å². The third-order valence-corrected chi connectivity index (χ3v) is 7.36. The quantitative estimate of drug-likeness (QED) is 0.515. The number of benzene rings is 1. The van der Waals surface area contributed by atoms with Crippen LogP contribution in [0.3, 0.4) is 0 Å². The van der Waals surface area contributed by atoms with Gasteiger partial charge in [0.05, 0.1) is 25.8 Å². The van der Waals surface area contributed by atoms with Crippen molar-refractivity contribution < 1.29 is 19.2 Å². The van der Waals surface area contributed by atoms with Crippen molar-refractivity contribution in [1.29, 1.82) is 0 Å². The van der Waals surface area contributed by atoms with E-state index in [0.29, 0.717) is 42.9 Å². The zero-order chi connectivity index (χ0) is 26.6. The number of fused-ring (bicyclic) bond motifs is 1. The smallest absolute Gasteiger partial charge is 0.318 e. The molecule has 3 N–H and O–H groups in total. The van der Waals surface area contributed by atoms with Crippen molar-refractivity contribution in [3.63, 3.8) is 0 Å². The number of carbonyl (C=O) groups excluding carboxylic acids is 2. The summed E-state index contributed by atoms with van der Waals surface area (Å²) in [5, 5.41) is 5.33.